The zero-order chi connectivity index (χ0) is 12.5. The van der Waals surface area contributed by atoms with E-state index in [1.807, 2.05) is 0 Å². The number of rotatable bonds is 2. The summed E-state index contributed by atoms with van der Waals surface area (Å²) in [5.41, 5.74) is -2.44. The van der Waals surface area contributed by atoms with Crippen LogP contribution < -0.4 is 0 Å². The number of alkyl halides is 4. The molecule has 0 spiro atoms. The summed E-state index contributed by atoms with van der Waals surface area (Å²) in [5.74, 6) is -3.51. The van der Waals surface area contributed by atoms with Crippen molar-refractivity contribution in [1.29, 1.82) is 0 Å². The molecule has 16 heavy (non-hydrogen) atoms. The second kappa shape index (κ2) is 4.07. The molecule has 0 aromatic heterocycles. The fourth-order valence-electron chi connectivity index (χ4n) is 1.06. The van der Waals surface area contributed by atoms with E-state index in [-0.39, 0.29) is 6.07 Å². The molecule has 0 bridgehead atoms. The number of carboxylic acid groups (broad SMARTS) is 1. The van der Waals surface area contributed by atoms with Gasteiger partial charge in [0.1, 0.15) is 5.82 Å². The van der Waals surface area contributed by atoms with Crippen molar-refractivity contribution < 1.29 is 31.9 Å². The van der Waals surface area contributed by atoms with Gasteiger partial charge in [-0.2, -0.15) is 13.2 Å². The van der Waals surface area contributed by atoms with Crippen LogP contribution in [-0.2, 0) is 11.0 Å². The molecule has 1 rings (SSSR count). The topological polar surface area (TPSA) is 37.3 Å². The third-order valence-corrected chi connectivity index (χ3v) is 1.81. The van der Waals surface area contributed by atoms with E-state index < -0.39 is 35.3 Å². The second-order valence-corrected chi connectivity index (χ2v) is 2.94. The summed E-state index contributed by atoms with van der Waals surface area (Å²) in [6.45, 7) is 0. The summed E-state index contributed by atoms with van der Waals surface area (Å²) in [6.07, 6.45) is -7.60. The minimum absolute atomic E-state index is 0.147. The van der Waals surface area contributed by atoms with Gasteiger partial charge in [-0.1, -0.05) is 6.07 Å². The Morgan fingerprint density at radius 3 is 2.31 bits per heavy atom. The first-order chi connectivity index (χ1) is 7.23. The molecule has 0 saturated heterocycles. The van der Waals surface area contributed by atoms with E-state index in [2.05, 4.69) is 0 Å². The number of halogens is 5. The number of benzene rings is 1. The fraction of sp³-hybridized carbons (Fsp3) is 0.222. The summed E-state index contributed by atoms with van der Waals surface area (Å²) in [4.78, 5) is 10.2. The first kappa shape index (κ1) is 12.4. The lowest BCUT2D eigenvalue weighted by Gasteiger charge is -2.10. The van der Waals surface area contributed by atoms with E-state index >= 15 is 0 Å². The van der Waals surface area contributed by atoms with E-state index in [0.29, 0.717) is 12.1 Å². The molecule has 1 atom stereocenters. The minimum atomic E-state index is -4.99. The van der Waals surface area contributed by atoms with Gasteiger partial charge in [0.25, 0.3) is 0 Å². The van der Waals surface area contributed by atoms with Gasteiger partial charge in [0.05, 0.1) is 5.56 Å². The van der Waals surface area contributed by atoms with Crippen LogP contribution in [0.4, 0.5) is 22.0 Å². The van der Waals surface area contributed by atoms with Gasteiger partial charge in [0, 0.05) is 0 Å². The van der Waals surface area contributed by atoms with E-state index in [1.54, 1.807) is 0 Å². The summed E-state index contributed by atoms with van der Waals surface area (Å²) >= 11 is 0. The number of hydrogen-bond acceptors (Lipinski definition) is 1. The molecule has 0 radical (unpaired) electrons. The predicted octanol–water partition coefficient (Wildman–Crippen LogP) is 2.94. The van der Waals surface area contributed by atoms with Crippen LogP contribution in [0.3, 0.4) is 0 Å². The Labute approximate surface area is 86.3 Å². The zero-order valence-corrected chi connectivity index (χ0v) is 7.55. The number of aliphatic carboxylic acids is 1. The molecule has 0 amide bonds. The molecule has 1 N–H and O–H groups in total. The molecule has 0 saturated carbocycles. The van der Waals surface area contributed by atoms with Crippen molar-refractivity contribution in [3.8, 4) is 0 Å². The average Bonchev–Trinajstić information content (AvgIpc) is 2.15. The number of carboxylic acids is 1. The van der Waals surface area contributed by atoms with E-state index in [4.69, 9.17) is 5.11 Å². The number of carbonyl (C=O) groups is 1. The van der Waals surface area contributed by atoms with Gasteiger partial charge in [-0.25, -0.2) is 13.6 Å². The molecule has 0 aliphatic rings. The van der Waals surface area contributed by atoms with Gasteiger partial charge in [-0.3, -0.25) is 0 Å². The summed E-state index contributed by atoms with van der Waals surface area (Å²) in [6, 6.07) is 1.19. The number of hydrogen-bond donors (Lipinski definition) is 1. The highest BCUT2D eigenvalue weighted by molar-refractivity contribution is 5.74. The van der Waals surface area contributed by atoms with Crippen LogP contribution in [0.25, 0.3) is 0 Å². The second-order valence-electron chi connectivity index (χ2n) is 2.94. The standard InChI is InChI=1S/C9H5F5O2/c10-6-2-1-4(7(11)8(15)16)3-5(6)9(12,13)14/h1-3,7H,(H,15,16). The summed E-state index contributed by atoms with van der Waals surface area (Å²) < 4.78 is 62.2. The van der Waals surface area contributed by atoms with E-state index in [0.717, 1.165) is 0 Å². The molecule has 7 heteroatoms. The summed E-state index contributed by atoms with van der Waals surface area (Å²) in [5, 5.41) is 8.25. The maximum Gasteiger partial charge on any atom is 0.419 e. The van der Waals surface area contributed by atoms with Gasteiger partial charge in [0.15, 0.2) is 0 Å². The molecule has 0 aliphatic heterocycles. The Hall–Kier alpha value is -1.66. The van der Waals surface area contributed by atoms with Gasteiger partial charge in [0.2, 0.25) is 6.17 Å². The van der Waals surface area contributed by atoms with Crippen molar-refractivity contribution in [2.45, 2.75) is 12.3 Å². The molecule has 0 heterocycles. The molecular formula is C9H5F5O2. The monoisotopic (exact) mass is 240 g/mol. The smallest absolute Gasteiger partial charge is 0.419 e. The maximum absolute atomic E-state index is 12.9. The van der Waals surface area contributed by atoms with E-state index in [1.165, 1.54) is 0 Å². The quantitative estimate of drug-likeness (QED) is 0.807. The van der Waals surface area contributed by atoms with Crippen molar-refractivity contribution in [3.63, 3.8) is 0 Å². The van der Waals surface area contributed by atoms with Crippen molar-refractivity contribution in [1.82, 2.24) is 0 Å². The molecule has 1 aromatic rings. The van der Waals surface area contributed by atoms with Crippen LogP contribution in [0.15, 0.2) is 18.2 Å². The Morgan fingerprint density at radius 1 is 1.31 bits per heavy atom. The Bertz CT molecular complexity index is 413. The highest BCUT2D eigenvalue weighted by Crippen LogP contribution is 2.33. The average molecular weight is 240 g/mol. The minimum Gasteiger partial charge on any atom is -0.479 e. The molecule has 0 aliphatic carbocycles. The third-order valence-electron chi connectivity index (χ3n) is 1.81. The SMILES string of the molecule is O=C(O)C(F)c1ccc(F)c(C(F)(F)F)c1. The van der Waals surface area contributed by atoms with Gasteiger partial charge < -0.3 is 5.11 Å². The first-order valence-electron chi connectivity index (χ1n) is 3.97. The van der Waals surface area contributed by atoms with Crippen molar-refractivity contribution in [2.24, 2.45) is 0 Å². The highest BCUT2D eigenvalue weighted by atomic mass is 19.4. The van der Waals surface area contributed by atoms with Crippen LogP contribution in [0.2, 0.25) is 0 Å². The Kier molecular flexibility index (Phi) is 3.16. The largest absolute Gasteiger partial charge is 0.479 e. The van der Waals surface area contributed by atoms with Crippen molar-refractivity contribution >= 4 is 5.97 Å². The van der Waals surface area contributed by atoms with Gasteiger partial charge in [-0.05, 0) is 17.7 Å². The molecular weight excluding hydrogens is 235 g/mol. The highest BCUT2D eigenvalue weighted by Gasteiger charge is 2.35. The lowest BCUT2D eigenvalue weighted by Crippen LogP contribution is -2.11. The van der Waals surface area contributed by atoms with Crippen LogP contribution >= 0.6 is 0 Å². The molecule has 1 aromatic carbocycles. The first-order valence-corrected chi connectivity index (χ1v) is 3.97. The fourth-order valence-corrected chi connectivity index (χ4v) is 1.06. The molecule has 0 fully saturated rings. The van der Waals surface area contributed by atoms with Crippen molar-refractivity contribution in [3.05, 3.63) is 35.1 Å². The lowest BCUT2D eigenvalue weighted by molar-refractivity contribution is -0.144. The normalized spacial score (nSPS) is 13.6. The van der Waals surface area contributed by atoms with E-state index in [9.17, 15) is 26.7 Å². The Morgan fingerprint density at radius 2 is 1.88 bits per heavy atom. The zero-order valence-electron chi connectivity index (χ0n) is 7.55. The molecule has 1 unspecified atom stereocenters. The van der Waals surface area contributed by atoms with Crippen molar-refractivity contribution in [2.75, 3.05) is 0 Å². The van der Waals surface area contributed by atoms with Gasteiger partial charge >= 0.3 is 12.1 Å². The maximum atomic E-state index is 12.9. The Balaban J connectivity index is 3.23. The summed E-state index contributed by atoms with van der Waals surface area (Å²) in [7, 11) is 0. The van der Waals surface area contributed by atoms with Crippen LogP contribution in [-0.4, -0.2) is 11.1 Å². The van der Waals surface area contributed by atoms with Crippen LogP contribution in [0, 0.1) is 5.82 Å². The van der Waals surface area contributed by atoms with Crippen LogP contribution in [0.5, 0.6) is 0 Å². The predicted molar refractivity (Wildman–Crippen MR) is 42.9 cm³/mol. The third kappa shape index (κ3) is 2.47. The molecule has 2 nitrogen and oxygen atoms in total. The van der Waals surface area contributed by atoms with Gasteiger partial charge in [-0.15, -0.1) is 0 Å². The lowest BCUT2D eigenvalue weighted by atomic mass is 10.1. The van der Waals surface area contributed by atoms with Crippen LogP contribution in [0.1, 0.15) is 17.3 Å². The molecule has 88 valence electrons.